The summed E-state index contributed by atoms with van der Waals surface area (Å²) >= 11 is 0. The fourth-order valence-electron chi connectivity index (χ4n) is 1.95. The van der Waals surface area contributed by atoms with Gasteiger partial charge in [0.1, 0.15) is 6.54 Å². The fourth-order valence-corrected chi connectivity index (χ4v) is 1.95. The molecule has 1 rings (SSSR count). The normalized spacial score (nSPS) is 11.3. The summed E-state index contributed by atoms with van der Waals surface area (Å²) in [6.07, 6.45) is 3.00. The van der Waals surface area contributed by atoms with Gasteiger partial charge in [0.05, 0.1) is 6.61 Å². The number of anilines is 1. The van der Waals surface area contributed by atoms with E-state index in [1.807, 2.05) is 13.8 Å². The van der Waals surface area contributed by atoms with Crippen LogP contribution in [0.5, 0.6) is 0 Å². The molecule has 0 radical (unpaired) electrons. The van der Waals surface area contributed by atoms with Crippen LogP contribution in [0, 0.1) is 5.41 Å². The van der Waals surface area contributed by atoms with Crippen LogP contribution >= 0.6 is 0 Å². The molecule has 1 aromatic heterocycles. The quantitative estimate of drug-likeness (QED) is 0.671. The highest BCUT2D eigenvalue weighted by Crippen LogP contribution is 2.24. The number of carbonyl (C=O) groups is 1. The fraction of sp³-hybridized carbons (Fsp3) is 0.571. The van der Waals surface area contributed by atoms with Crippen molar-refractivity contribution in [1.82, 2.24) is 9.88 Å². The van der Waals surface area contributed by atoms with Crippen LogP contribution in [0.3, 0.4) is 0 Å². The smallest absolute Gasteiger partial charge is 0.251 e. The minimum atomic E-state index is -0.295. The largest absolute Gasteiger partial charge is 0.398 e. The first-order valence-electron chi connectivity index (χ1n) is 6.80. The van der Waals surface area contributed by atoms with Gasteiger partial charge in [0.2, 0.25) is 5.91 Å². The highest BCUT2D eigenvalue weighted by atomic mass is 16.3. The number of amides is 1. The molecule has 1 heterocycles. The van der Waals surface area contributed by atoms with E-state index in [0.29, 0.717) is 12.2 Å². The number of nitrogens with one attached hydrogen (secondary N) is 1. The molecule has 0 atom stereocenters. The van der Waals surface area contributed by atoms with Gasteiger partial charge in [-0.25, -0.2) is 0 Å². The second-order valence-electron chi connectivity index (χ2n) is 5.07. The number of nitrogens with two attached hydrogens (primary N) is 1. The lowest BCUT2D eigenvalue weighted by Gasteiger charge is -2.29. The van der Waals surface area contributed by atoms with E-state index < -0.39 is 0 Å². The zero-order valence-electron chi connectivity index (χ0n) is 12.1. The van der Waals surface area contributed by atoms with Gasteiger partial charge in [0.25, 0.3) is 5.56 Å². The van der Waals surface area contributed by atoms with Crippen LogP contribution in [0.15, 0.2) is 23.1 Å². The average Bonchev–Trinajstić information content (AvgIpc) is 2.45. The van der Waals surface area contributed by atoms with Crippen molar-refractivity contribution in [3.63, 3.8) is 0 Å². The Hall–Kier alpha value is -1.82. The Morgan fingerprint density at radius 3 is 2.60 bits per heavy atom. The van der Waals surface area contributed by atoms with Crippen molar-refractivity contribution in [1.29, 1.82) is 0 Å². The van der Waals surface area contributed by atoms with Gasteiger partial charge >= 0.3 is 0 Å². The van der Waals surface area contributed by atoms with Gasteiger partial charge in [0.15, 0.2) is 0 Å². The number of hydrogen-bond donors (Lipinski definition) is 3. The molecule has 0 saturated heterocycles. The molecular weight excluding hydrogens is 258 g/mol. The predicted octanol–water partition coefficient (Wildman–Crippen LogP) is 0.345. The second-order valence-corrected chi connectivity index (χ2v) is 5.07. The lowest BCUT2D eigenvalue weighted by molar-refractivity contribution is -0.122. The SMILES string of the molecule is CCC(CC)(CO)CNC(=O)Cn1cc(N)ccc1=O. The molecule has 6 heteroatoms. The van der Waals surface area contributed by atoms with Crippen molar-refractivity contribution >= 4 is 11.6 Å². The van der Waals surface area contributed by atoms with Crippen LogP contribution in [0.1, 0.15) is 26.7 Å². The van der Waals surface area contributed by atoms with E-state index in [2.05, 4.69) is 5.32 Å². The summed E-state index contributed by atoms with van der Waals surface area (Å²) in [6.45, 7) is 4.31. The topological polar surface area (TPSA) is 97.3 Å². The van der Waals surface area contributed by atoms with Gasteiger partial charge < -0.3 is 20.7 Å². The molecule has 6 nitrogen and oxygen atoms in total. The van der Waals surface area contributed by atoms with Gasteiger partial charge in [-0.2, -0.15) is 0 Å². The van der Waals surface area contributed by atoms with Crippen LogP contribution in [0.25, 0.3) is 0 Å². The van der Waals surface area contributed by atoms with Crippen LogP contribution < -0.4 is 16.6 Å². The molecule has 1 amide bonds. The lowest BCUT2D eigenvalue weighted by Crippen LogP contribution is -2.41. The van der Waals surface area contributed by atoms with Gasteiger partial charge in [-0.05, 0) is 18.9 Å². The average molecular weight is 281 g/mol. The molecule has 0 aliphatic carbocycles. The maximum Gasteiger partial charge on any atom is 0.251 e. The Labute approximate surface area is 118 Å². The third-order valence-corrected chi connectivity index (χ3v) is 3.82. The Morgan fingerprint density at radius 2 is 2.05 bits per heavy atom. The number of rotatable bonds is 7. The number of pyridine rings is 1. The van der Waals surface area contributed by atoms with E-state index in [0.717, 1.165) is 12.8 Å². The van der Waals surface area contributed by atoms with Crippen molar-refractivity contribution < 1.29 is 9.90 Å². The van der Waals surface area contributed by atoms with E-state index in [4.69, 9.17) is 5.73 Å². The van der Waals surface area contributed by atoms with Gasteiger partial charge in [-0.1, -0.05) is 13.8 Å². The minimum absolute atomic E-state index is 0.0263. The first-order valence-corrected chi connectivity index (χ1v) is 6.80. The Kier molecular flexibility index (Phi) is 5.76. The number of carbonyl (C=O) groups excluding carboxylic acids is 1. The summed E-state index contributed by atoms with van der Waals surface area (Å²) in [5.74, 6) is -0.266. The van der Waals surface area contributed by atoms with Crippen molar-refractivity contribution in [2.24, 2.45) is 5.41 Å². The van der Waals surface area contributed by atoms with E-state index >= 15 is 0 Å². The van der Waals surface area contributed by atoms with E-state index in [-0.39, 0.29) is 30.0 Å². The Morgan fingerprint density at radius 1 is 1.40 bits per heavy atom. The maximum atomic E-state index is 11.9. The molecule has 0 aromatic carbocycles. The summed E-state index contributed by atoms with van der Waals surface area (Å²) in [4.78, 5) is 23.4. The first-order chi connectivity index (χ1) is 9.46. The summed E-state index contributed by atoms with van der Waals surface area (Å²) in [7, 11) is 0. The number of nitrogen functional groups attached to an aromatic ring is 1. The van der Waals surface area contributed by atoms with Crippen molar-refractivity contribution in [2.75, 3.05) is 18.9 Å². The standard InChI is InChI=1S/C14H23N3O3/c1-3-14(4-2,10-18)9-16-12(19)8-17-7-11(15)5-6-13(17)20/h5-7,18H,3-4,8-10,15H2,1-2H3,(H,16,19). The highest BCUT2D eigenvalue weighted by Gasteiger charge is 2.25. The zero-order valence-corrected chi connectivity index (χ0v) is 12.1. The molecular formula is C14H23N3O3. The number of aliphatic hydroxyl groups is 1. The van der Waals surface area contributed by atoms with Crippen molar-refractivity contribution in [3.8, 4) is 0 Å². The van der Waals surface area contributed by atoms with Crippen molar-refractivity contribution in [3.05, 3.63) is 28.7 Å². The minimum Gasteiger partial charge on any atom is -0.398 e. The Balaban J connectivity index is 2.64. The summed E-state index contributed by atoms with van der Waals surface area (Å²) < 4.78 is 1.27. The van der Waals surface area contributed by atoms with Gasteiger partial charge in [-0.15, -0.1) is 0 Å². The summed E-state index contributed by atoms with van der Waals surface area (Å²) in [6, 6.07) is 2.83. The molecule has 4 N–H and O–H groups in total. The molecule has 0 fully saturated rings. The number of hydrogen-bond acceptors (Lipinski definition) is 4. The van der Waals surface area contributed by atoms with Crippen LogP contribution in [0.4, 0.5) is 5.69 Å². The first kappa shape index (κ1) is 16.2. The molecule has 112 valence electrons. The highest BCUT2D eigenvalue weighted by molar-refractivity contribution is 5.75. The van der Waals surface area contributed by atoms with E-state index in [9.17, 15) is 14.7 Å². The molecule has 0 bridgehead atoms. The molecule has 0 spiro atoms. The van der Waals surface area contributed by atoms with Crippen LogP contribution in [-0.4, -0.2) is 28.7 Å². The predicted molar refractivity (Wildman–Crippen MR) is 78.2 cm³/mol. The number of aliphatic hydroxyl groups excluding tert-OH is 1. The molecule has 0 aliphatic heterocycles. The molecule has 0 aliphatic rings. The Bertz CT molecular complexity index is 498. The summed E-state index contributed by atoms with van der Waals surface area (Å²) in [5.41, 5.74) is 5.46. The number of aromatic nitrogens is 1. The number of nitrogens with zero attached hydrogens (tertiary/aromatic N) is 1. The maximum absolute atomic E-state index is 11.9. The zero-order chi connectivity index (χ0) is 15.2. The molecule has 0 unspecified atom stereocenters. The van der Waals surface area contributed by atoms with Gasteiger partial charge in [-0.3, -0.25) is 9.59 Å². The molecule has 20 heavy (non-hydrogen) atoms. The molecule has 0 saturated carbocycles. The van der Waals surface area contributed by atoms with Crippen molar-refractivity contribution in [2.45, 2.75) is 33.2 Å². The monoisotopic (exact) mass is 281 g/mol. The van der Waals surface area contributed by atoms with Gasteiger partial charge in [0, 0.05) is 29.9 Å². The van der Waals surface area contributed by atoms with E-state index in [1.165, 1.54) is 22.9 Å². The molecule has 1 aromatic rings. The van der Waals surface area contributed by atoms with Crippen LogP contribution in [-0.2, 0) is 11.3 Å². The van der Waals surface area contributed by atoms with Crippen LogP contribution in [0.2, 0.25) is 0 Å². The third kappa shape index (κ3) is 4.09. The van der Waals surface area contributed by atoms with E-state index in [1.54, 1.807) is 0 Å². The second kappa shape index (κ2) is 7.09. The summed E-state index contributed by atoms with van der Waals surface area (Å²) in [5, 5.41) is 12.2. The third-order valence-electron chi connectivity index (χ3n) is 3.82. The lowest BCUT2D eigenvalue weighted by atomic mass is 9.83.